The molecule has 8 aromatic carbocycles. The third-order valence-electron chi connectivity index (χ3n) is 17.0. The van der Waals surface area contributed by atoms with Gasteiger partial charge >= 0.3 is 0 Å². The summed E-state index contributed by atoms with van der Waals surface area (Å²) in [6.07, 6.45) is 2.31. The molecule has 6 heteroatoms. The van der Waals surface area contributed by atoms with Gasteiger partial charge in [-0.05, 0) is 165 Å². The molecule has 0 unspecified atom stereocenters. The maximum absolute atomic E-state index is 6.79. The summed E-state index contributed by atoms with van der Waals surface area (Å²) >= 11 is 2.02. The Morgan fingerprint density at radius 2 is 1.08 bits per heavy atom. The highest BCUT2D eigenvalue weighted by Gasteiger charge is 2.48. The van der Waals surface area contributed by atoms with E-state index in [0.717, 1.165) is 51.1 Å². The average molecular weight is 984 g/mol. The van der Waals surface area contributed by atoms with Crippen LogP contribution < -0.4 is 30.4 Å². The Hall–Kier alpha value is -7.02. The molecular weight excluding hydrogens is 918 g/mol. The second-order valence-corrected chi connectivity index (χ2v) is 26.0. The molecule has 10 aromatic rings. The number of benzene rings is 8. The van der Waals surface area contributed by atoms with Crippen molar-refractivity contribution in [3.8, 4) is 0 Å². The highest BCUT2D eigenvalue weighted by atomic mass is 32.1. The number of nitrogens with zero attached hydrogens (tertiary/aromatic N) is 3. The van der Waals surface area contributed by atoms with Crippen molar-refractivity contribution in [2.45, 2.75) is 118 Å². The molecule has 0 spiro atoms. The second kappa shape index (κ2) is 16.2. The molecule has 0 fully saturated rings. The van der Waals surface area contributed by atoms with Crippen LogP contribution >= 0.6 is 11.3 Å². The lowest BCUT2D eigenvalue weighted by Gasteiger charge is -2.45. The third-order valence-corrected chi connectivity index (χ3v) is 18.2. The number of hydrogen-bond donors (Lipinski definition) is 0. The Bertz CT molecular complexity index is 3860. The smallest absolute Gasteiger partial charge is 0.264 e. The Morgan fingerprint density at radius 3 is 1.70 bits per heavy atom. The van der Waals surface area contributed by atoms with Gasteiger partial charge in [0.05, 0.1) is 28.1 Å². The predicted octanol–water partition coefficient (Wildman–Crippen LogP) is 17.9. The van der Waals surface area contributed by atoms with Crippen LogP contribution in [-0.2, 0) is 21.7 Å². The molecule has 74 heavy (non-hydrogen) atoms. The molecule has 0 saturated heterocycles. The standard InChI is InChI=1S/C68H66BN3OS/c1-41-34-44(66(6,7)8)35-42(2)62(41)71-53-31-30-43(65(3,4)5)36-52(53)69-61-55(71)37-47(70(45-22-15-13-16-23-45)46-24-17-14-18-25-46)38-56(61)72(54-27-21-29-58-60(54)48-26-19-20-28-57(48)73-58)63-49-39-50-51(40-59(49)74-64(63)69)68(11,12)33-32-67(50,9)10/h13-31,34-40H,32-33H2,1-12H3. The molecule has 3 aliphatic rings. The van der Waals surface area contributed by atoms with Crippen molar-refractivity contribution in [1.29, 1.82) is 0 Å². The highest BCUT2D eigenvalue weighted by molar-refractivity contribution is 7.33. The summed E-state index contributed by atoms with van der Waals surface area (Å²) < 4.78 is 9.53. The van der Waals surface area contributed by atoms with E-state index < -0.39 is 0 Å². The van der Waals surface area contributed by atoms with E-state index in [1.807, 2.05) is 11.3 Å². The van der Waals surface area contributed by atoms with E-state index in [0.29, 0.717) is 0 Å². The molecule has 13 rings (SSSR count). The molecule has 4 nitrogen and oxygen atoms in total. The molecule has 2 aliphatic heterocycles. The summed E-state index contributed by atoms with van der Waals surface area (Å²) in [5, 5.41) is 3.56. The van der Waals surface area contributed by atoms with Crippen molar-refractivity contribution in [1.82, 2.24) is 0 Å². The molecule has 0 radical (unpaired) electrons. The molecular formula is C68H66BN3OS. The van der Waals surface area contributed by atoms with Gasteiger partial charge in [0.25, 0.3) is 6.71 Å². The number of para-hydroxylation sites is 3. The monoisotopic (exact) mass is 984 g/mol. The van der Waals surface area contributed by atoms with Gasteiger partial charge in [0, 0.05) is 48.7 Å². The number of anilines is 9. The Morgan fingerprint density at radius 1 is 0.514 bits per heavy atom. The minimum Gasteiger partial charge on any atom is -0.456 e. The first-order valence-corrected chi connectivity index (χ1v) is 27.6. The van der Waals surface area contributed by atoms with Crippen LogP contribution in [0.5, 0.6) is 0 Å². The minimum atomic E-state index is -0.0726. The fourth-order valence-corrected chi connectivity index (χ4v) is 14.2. The fourth-order valence-electron chi connectivity index (χ4n) is 12.9. The highest BCUT2D eigenvalue weighted by Crippen LogP contribution is 2.55. The number of hydrogen-bond acceptors (Lipinski definition) is 5. The van der Waals surface area contributed by atoms with Gasteiger partial charge in [-0.3, -0.25) is 0 Å². The lowest BCUT2D eigenvalue weighted by Crippen LogP contribution is -2.60. The predicted molar refractivity (Wildman–Crippen MR) is 320 cm³/mol. The molecule has 0 N–H and O–H groups in total. The van der Waals surface area contributed by atoms with Gasteiger partial charge in [0.2, 0.25) is 0 Å². The van der Waals surface area contributed by atoms with Crippen molar-refractivity contribution in [2.24, 2.45) is 0 Å². The zero-order chi connectivity index (χ0) is 51.4. The van der Waals surface area contributed by atoms with Crippen molar-refractivity contribution in [2.75, 3.05) is 14.7 Å². The van der Waals surface area contributed by atoms with Crippen LogP contribution in [0.3, 0.4) is 0 Å². The van der Waals surface area contributed by atoms with E-state index in [2.05, 4.69) is 256 Å². The van der Waals surface area contributed by atoms with Crippen LogP contribution in [0.15, 0.2) is 162 Å². The van der Waals surface area contributed by atoms with Gasteiger partial charge in [-0.1, -0.05) is 154 Å². The molecule has 2 aromatic heterocycles. The van der Waals surface area contributed by atoms with E-state index in [-0.39, 0.29) is 28.4 Å². The van der Waals surface area contributed by atoms with Gasteiger partial charge in [-0.2, -0.15) is 0 Å². The van der Waals surface area contributed by atoms with Crippen LogP contribution in [0.4, 0.5) is 51.2 Å². The minimum absolute atomic E-state index is 0.00842. The summed E-state index contributed by atoms with van der Waals surface area (Å²) in [6, 6.07) is 59.7. The lowest BCUT2D eigenvalue weighted by molar-refractivity contribution is 0.332. The maximum atomic E-state index is 6.79. The summed E-state index contributed by atoms with van der Waals surface area (Å²) in [6.45, 7) is 28.5. The SMILES string of the molecule is Cc1cc(C(C)(C)C)cc(C)c1N1c2ccc(C(C)(C)C)cc2B2c3sc4cc5c(cc4c3N(c3cccc4oc6ccccc6c34)c3cc(N(c4ccccc4)c4ccccc4)cc1c32)C(C)(C)CCC5(C)C. The maximum Gasteiger partial charge on any atom is 0.264 e. The van der Waals surface area contributed by atoms with E-state index in [9.17, 15) is 0 Å². The molecule has 0 atom stereocenters. The first-order valence-electron chi connectivity index (χ1n) is 26.7. The number of furan rings is 1. The van der Waals surface area contributed by atoms with Gasteiger partial charge < -0.3 is 19.1 Å². The van der Waals surface area contributed by atoms with E-state index in [4.69, 9.17) is 4.42 Å². The van der Waals surface area contributed by atoms with Gasteiger partial charge in [0.15, 0.2) is 0 Å². The third kappa shape index (κ3) is 7.07. The summed E-state index contributed by atoms with van der Waals surface area (Å²) in [4.78, 5) is 7.79. The largest absolute Gasteiger partial charge is 0.456 e. The fraction of sp³-hybridized carbons (Fsp3) is 0.265. The zero-order valence-electron chi connectivity index (χ0n) is 45.2. The van der Waals surface area contributed by atoms with Crippen LogP contribution in [0.25, 0.3) is 32.0 Å². The summed E-state index contributed by atoms with van der Waals surface area (Å²) in [5.41, 5.74) is 23.2. The number of aryl methyl sites for hydroxylation is 2. The van der Waals surface area contributed by atoms with Crippen LogP contribution in [-0.4, -0.2) is 6.71 Å². The lowest BCUT2D eigenvalue weighted by atomic mass is 9.36. The van der Waals surface area contributed by atoms with Crippen LogP contribution in [0, 0.1) is 13.8 Å². The summed E-state index contributed by atoms with van der Waals surface area (Å²) in [7, 11) is 0. The normalized spacial score (nSPS) is 15.6. The molecule has 0 bridgehead atoms. The number of fused-ring (bicyclic) bond motifs is 10. The quantitative estimate of drug-likeness (QED) is 0.160. The Labute approximate surface area is 442 Å². The van der Waals surface area contributed by atoms with Crippen molar-refractivity contribution >= 4 is 117 Å². The second-order valence-electron chi connectivity index (χ2n) is 25.0. The van der Waals surface area contributed by atoms with Crippen LogP contribution in [0.2, 0.25) is 0 Å². The molecule has 0 saturated carbocycles. The van der Waals surface area contributed by atoms with E-state index >= 15 is 0 Å². The van der Waals surface area contributed by atoms with Crippen molar-refractivity contribution < 1.29 is 4.42 Å². The first-order chi connectivity index (χ1) is 35.3. The zero-order valence-corrected chi connectivity index (χ0v) is 46.0. The van der Waals surface area contributed by atoms with E-state index in [1.165, 1.54) is 94.0 Å². The molecule has 4 heterocycles. The topological polar surface area (TPSA) is 22.9 Å². The molecule has 0 amide bonds. The van der Waals surface area contributed by atoms with Gasteiger partial charge in [-0.25, -0.2) is 0 Å². The van der Waals surface area contributed by atoms with Gasteiger partial charge in [0.1, 0.15) is 11.2 Å². The van der Waals surface area contributed by atoms with Crippen molar-refractivity contribution in [3.05, 3.63) is 191 Å². The molecule has 1 aliphatic carbocycles. The Kier molecular flexibility index (Phi) is 10.3. The van der Waals surface area contributed by atoms with E-state index in [1.54, 1.807) is 0 Å². The van der Waals surface area contributed by atoms with Gasteiger partial charge in [-0.15, -0.1) is 11.3 Å². The molecule has 368 valence electrons. The first kappa shape index (κ1) is 46.7. The summed E-state index contributed by atoms with van der Waals surface area (Å²) in [5.74, 6) is 0. The van der Waals surface area contributed by atoms with Crippen LogP contribution in [0.1, 0.15) is 115 Å². The average Bonchev–Trinajstić information content (AvgIpc) is 3.94. The number of thiophene rings is 1. The Balaban J connectivity index is 1.23. The van der Waals surface area contributed by atoms with Crippen molar-refractivity contribution in [3.63, 3.8) is 0 Å². The number of rotatable bonds is 5.